The fourth-order valence-electron chi connectivity index (χ4n) is 2.86. The summed E-state index contributed by atoms with van der Waals surface area (Å²) in [5, 5.41) is 2.27. The molecule has 146 valence electrons. The summed E-state index contributed by atoms with van der Waals surface area (Å²) in [5.41, 5.74) is 0.986. The molecular weight excluding hydrogens is 336 g/mol. The molecule has 0 saturated carbocycles. The largest absolute Gasteiger partial charge is 0.494 e. The second kappa shape index (κ2) is 12.2. The summed E-state index contributed by atoms with van der Waals surface area (Å²) in [6.07, 6.45) is 11.4. The van der Waals surface area contributed by atoms with Crippen LogP contribution in [0.3, 0.4) is 0 Å². The molecular formula is C24H32O3. The van der Waals surface area contributed by atoms with Crippen molar-refractivity contribution in [2.24, 2.45) is 0 Å². The van der Waals surface area contributed by atoms with Gasteiger partial charge in [0, 0.05) is 6.08 Å². The lowest BCUT2D eigenvalue weighted by Gasteiger charge is -2.08. The van der Waals surface area contributed by atoms with E-state index in [1.807, 2.05) is 12.1 Å². The van der Waals surface area contributed by atoms with Gasteiger partial charge in [-0.15, -0.1) is 0 Å². The summed E-state index contributed by atoms with van der Waals surface area (Å²) < 4.78 is 11.0. The van der Waals surface area contributed by atoms with Gasteiger partial charge in [0.2, 0.25) is 0 Å². The third-order valence-corrected chi connectivity index (χ3v) is 4.51. The highest BCUT2D eigenvalue weighted by atomic mass is 16.5. The first-order valence-electron chi connectivity index (χ1n) is 10.2. The Balaban J connectivity index is 1.87. The number of unbranched alkanes of at least 4 members (excludes halogenated alkanes) is 5. The summed E-state index contributed by atoms with van der Waals surface area (Å²) in [5.74, 6) is 0.631. The summed E-state index contributed by atoms with van der Waals surface area (Å²) in [7, 11) is 0. The molecule has 3 heteroatoms. The molecule has 0 atom stereocenters. The molecule has 0 N–H and O–H groups in total. The average Bonchev–Trinajstić information content (AvgIpc) is 2.69. The monoisotopic (exact) mass is 368 g/mol. The number of carbonyl (C=O) groups excluding carboxylic acids is 1. The van der Waals surface area contributed by atoms with E-state index in [1.165, 1.54) is 31.8 Å². The van der Waals surface area contributed by atoms with Crippen LogP contribution in [0.4, 0.5) is 0 Å². The number of esters is 1. The quantitative estimate of drug-likeness (QED) is 0.242. The molecule has 0 amide bonds. The second-order valence-corrected chi connectivity index (χ2v) is 6.89. The van der Waals surface area contributed by atoms with Crippen molar-refractivity contribution in [1.29, 1.82) is 0 Å². The van der Waals surface area contributed by atoms with Crippen LogP contribution in [0.25, 0.3) is 16.8 Å². The number of ether oxygens (including phenoxy) is 2. The van der Waals surface area contributed by atoms with E-state index in [0.717, 1.165) is 48.0 Å². The van der Waals surface area contributed by atoms with Crippen molar-refractivity contribution >= 4 is 22.8 Å². The van der Waals surface area contributed by atoms with Gasteiger partial charge in [-0.3, -0.25) is 0 Å². The van der Waals surface area contributed by atoms with Gasteiger partial charge in [-0.2, -0.15) is 0 Å². The minimum absolute atomic E-state index is 0.286. The molecule has 3 nitrogen and oxygen atoms in total. The zero-order chi connectivity index (χ0) is 19.3. The van der Waals surface area contributed by atoms with Gasteiger partial charge in [-0.1, -0.05) is 64.2 Å². The van der Waals surface area contributed by atoms with E-state index in [4.69, 9.17) is 9.47 Å². The molecule has 0 aliphatic heterocycles. The molecule has 0 aromatic heterocycles. The smallest absolute Gasteiger partial charge is 0.330 e. The molecule has 2 rings (SSSR count). The van der Waals surface area contributed by atoms with Crippen LogP contribution >= 0.6 is 0 Å². The van der Waals surface area contributed by atoms with Gasteiger partial charge < -0.3 is 9.47 Å². The summed E-state index contributed by atoms with van der Waals surface area (Å²) in [4.78, 5) is 11.7. The SMILES string of the molecule is CCCCCCCOc1ccc2cc(/C=C/C(=O)OCCCC)ccc2c1. The van der Waals surface area contributed by atoms with Gasteiger partial charge >= 0.3 is 5.97 Å². The molecule has 0 spiro atoms. The molecule has 27 heavy (non-hydrogen) atoms. The molecule has 0 heterocycles. The van der Waals surface area contributed by atoms with Gasteiger partial charge in [-0.05, 0) is 53.5 Å². The van der Waals surface area contributed by atoms with Crippen molar-refractivity contribution in [3.05, 3.63) is 48.0 Å². The first-order valence-corrected chi connectivity index (χ1v) is 10.2. The Hall–Kier alpha value is -2.29. The van der Waals surface area contributed by atoms with Crippen LogP contribution < -0.4 is 4.74 Å². The van der Waals surface area contributed by atoms with Crippen LogP contribution in [-0.4, -0.2) is 19.2 Å². The maximum atomic E-state index is 11.7. The average molecular weight is 369 g/mol. The molecule has 0 aliphatic rings. The lowest BCUT2D eigenvalue weighted by Crippen LogP contribution is -2.01. The molecule has 0 saturated heterocycles. The molecule has 0 fully saturated rings. The molecule has 2 aromatic rings. The summed E-state index contributed by atoms with van der Waals surface area (Å²) >= 11 is 0. The Kier molecular flexibility index (Phi) is 9.47. The van der Waals surface area contributed by atoms with Crippen LogP contribution in [0, 0.1) is 0 Å². The maximum Gasteiger partial charge on any atom is 0.330 e. The van der Waals surface area contributed by atoms with Crippen molar-refractivity contribution < 1.29 is 14.3 Å². The van der Waals surface area contributed by atoms with Crippen LogP contribution in [-0.2, 0) is 9.53 Å². The van der Waals surface area contributed by atoms with E-state index < -0.39 is 0 Å². The summed E-state index contributed by atoms with van der Waals surface area (Å²) in [6, 6.07) is 12.3. The van der Waals surface area contributed by atoms with Crippen LogP contribution in [0.1, 0.15) is 64.4 Å². The van der Waals surface area contributed by atoms with Crippen molar-refractivity contribution in [2.45, 2.75) is 58.8 Å². The number of hydrogen-bond donors (Lipinski definition) is 0. The summed E-state index contributed by atoms with van der Waals surface area (Å²) in [6.45, 7) is 5.56. The highest BCUT2D eigenvalue weighted by Gasteiger charge is 2.00. The maximum absolute atomic E-state index is 11.7. The van der Waals surface area contributed by atoms with Gasteiger partial charge in [0.15, 0.2) is 0 Å². The van der Waals surface area contributed by atoms with Gasteiger partial charge in [0.1, 0.15) is 5.75 Å². The predicted molar refractivity (Wildman–Crippen MR) is 113 cm³/mol. The number of hydrogen-bond acceptors (Lipinski definition) is 3. The standard InChI is InChI=1S/C24H32O3/c1-3-5-7-8-9-17-26-23-14-13-21-18-20(10-12-22(21)19-23)11-15-24(25)27-16-6-4-2/h10-15,18-19H,3-9,16-17H2,1-2H3/b15-11+. The highest BCUT2D eigenvalue weighted by Crippen LogP contribution is 2.23. The first kappa shape index (κ1) is 21.0. The molecule has 0 aliphatic carbocycles. The van der Waals surface area contributed by atoms with E-state index in [9.17, 15) is 4.79 Å². The van der Waals surface area contributed by atoms with Crippen LogP contribution in [0.2, 0.25) is 0 Å². The van der Waals surface area contributed by atoms with Crippen molar-refractivity contribution in [3.8, 4) is 5.75 Å². The van der Waals surface area contributed by atoms with Gasteiger partial charge in [-0.25, -0.2) is 4.79 Å². The van der Waals surface area contributed by atoms with E-state index in [1.54, 1.807) is 6.08 Å². The number of carbonyl (C=O) groups is 1. The van der Waals surface area contributed by atoms with E-state index in [2.05, 4.69) is 38.1 Å². The van der Waals surface area contributed by atoms with Crippen LogP contribution in [0.15, 0.2) is 42.5 Å². The fourth-order valence-corrected chi connectivity index (χ4v) is 2.86. The topological polar surface area (TPSA) is 35.5 Å². The van der Waals surface area contributed by atoms with E-state index in [0.29, 0.717) is 6.61 Å². The lowest BCUT2D eigenvalue weighted by molar-refractivity contribution is -0.137. The zero-order valence-corrected chi connectivity index (χ0v) is 16.7. The lowest BCUT2D eigenvalue weighted by atomic mass is 10.1. The predicted octanol–water partition coefficient (Wildman–Crippen LogP) is 6.55. The number of fused-ring (bicyclic) bond motifs is 1. The van der Waals surface area contributed by atoms with Crippen LogP contribution in [0.5, 0.6) is 5.75 Å². The third kappa shape index (κ3) is 7.86. The minimum atomic E-state index is -0.286. The Labute approximate surface area is 163 Å². The highest BCUT2D eigenvalue weighted by molar-refractivity contribution is 5.90. The Morgan fingerprint density at radius 3 is 2.41 bits per heavy atom. The molecule has 0 bridgehead atoms. The van der Waals surface area contributed by atoms with Gasteiger partial charge in [0.05, 0.1) is 13.2 Å². The third-order valence-electron chi connectivity index (χ3n) is 4.51. The van der Waals surface area contributed by atoms with Crippen molar-refractivity contribution in [2.75, 3.05) is 13.2 Å². The van der Waals surface area contributed by atoms with Crippen molar-refractivity contribution in [3.63, 3.8) is 0 Å². The van der Waals surface area contributed by atoms with Crippen molar-refractivity contribution in [1.82, 2.24) is 0 Å². The Morgan fingerprint density at radius 2 is 1.59 bits per heavy atom. The second-order valence-electron chi connectivity index (χ2n) is 6.89. The van der Waals surface area contributed by atoms with Gasteiger partial charge in [0.25, 0.3) is 0 Å². The number of benzene rings is 2. The fraction of sp³-hybridized carbons (Fsp3) is 0.458. The molecule has 0 radical (unpaired) electrons. The zero-order valence-electron chi connectivity index (χ0n) is 16.7. The van der Waals surface area contributed by atoms with E-state index in [-0.39, 0.29) is 5.97 Å². The first-order chi connectivity index (χ1) is 13.2. The normalized spacial score (nSPS) is 11.2. The Bertz CT molecular complexity index is 733. The minimum Gasteiger partial charge on any atom is -0.494 e. The molecule has 0 unspecified atom stereocenters. The molecule has 2 aromatic carbocycles. The Morgan fingerprint density at radius 1 is 0.852 bits per heavy atom. The number of rotatable bonds is 12. The van der Waals surface area contributed by atoms with E-state index >= 15 is 0 Å².